The molecule has 0 aliphatic heterocycles. The van der Waals surface area contributed by atoms with E-state index in [1.165, 1.54) is 16.9 Å². The molecule has 7 heteroatoms. The number of hydrogen-bond acceptors (Lipinski definition) is 1. The molecule has 0 amide bonds. The number of hydrogen-bond donors (Lipinski definition) is 0. The summed E-state index contributed by atoms with van der Waals surface area (Å²) in [5.41, 5.74) is -0.345. The highest BCUT2D eigenvalue weighted by molar-refractivity contribution is 9.10. The zero-order valence-electron chi connectivity index (χ0n) is 8.88. The smallest absolute Gasteiger partial charge is 0.240 e. The zero-order chi connectivity index (χ0) is 13.3. The fourth-order valence-electron chi connectivity index (χ4n) is 1.53. The molecule has 0 fully saturated rings. The summed E-state index contributed by atoms with van der Waals surface area (Å²) in [6, 6.07) is 3.95. The van der Waals surface area contributed by atoms with Crippen molar-refractivity contribution in [2.45, 2.75) is 12.1 Å². The SMILES string of the molecule is FC(F)(F)c1cc(-n2cc(Br)cn2)ccc1CCl. The number of benzene rings is 1. The van der Waals surface area contributed by atoms with E-state index >= 15 is 0 Å². The van der Waals surface area contributed by atoms with Gasteiger partial charge in [-0.25, -0.2) is 4.68 Å². The van der Waals surface area contributed by atoms with Crippen LogP contribution in [0.25, 0.3) is 5.69 Å². The highest BCUT2D eigenvalue weighted by Crippen LogP contribution is 2.34. The number of nitrogens with zero attached hydrogens (tertiary/aromatic N) is 2. The summed E-state index contributed by atoms with van der Waals surface area (Å²) in [6.45, 7) is 0. The molecule has 1 aromatic heterocycles. The first-order chi connectivity index (χ1) is 8.41. The van der Waals surface area contributed by atoms with Crippen molar-refractivity contribution < 1.29 is 13.2 Å². The van der Waals surface area contributed by atoms with E-state index in [-0.39, 0.29) is 11.4 Å². The fourth-order valence-corrected chi connectivity index (χ4v) is 2.05. The third kappa shape index (κ3) is 2.70. The Morgan fingerprint density at radius 3 is 2.56 bits per heavy atom. The molecule has 0 spiro atoms. The quantitative estimate of drug-likeness (QED) is 0.742. The summed E-state index contributed by atoms with van der Waals surface area (Å²) in [6.07, 6.45) is -1.34. The third-order valence-electron chi connectivity index (χ3n) is 2.36. The van der Waals surface area contributed by atoms with E-state index in [1.807, 2.05) is 0 Å². The average molecular weight is 340 g/mol. The Bertz CT molecular complexity index is 566. The first-order valence-corrected chi connectivity index (χ1v) is 6.21. The maximum Gasteiger partial charge on any atom is 0.416 e. The second-order valence-electron chi connectivity index (χ2n) is 3.58. The van der Waals surface area contributed by atoms with E-state index in [0.29, 0.717) is 10.2 Å². The van der Waals surface area contributed by atoms with Gasteiger partial charge in [0.05, 0.1) is 21.9 Å². The van der Waals surface area contributed by atoms with Crippen molar-refractivity contribution in [3.05, 3.63) is 46.2 Å². The third-order valence-corrected chi connectivity index (χ3v) is 3.06. The summed E-state index contributed by atoms with van der Waals surface area (Å²) >= 11 is 8.70. The van der Waals surface area contributed by atoms with Gasteiger partial charge in [0.1, 0.15) is 0 Å². The monoisotopic (exact) mass is 338 g/mol. The van der Waals surface area contributed by atoms with Crippen molar-refractivity contribution in [3.8, 4) is 5.69 Å². The molecule has 0 radical (unpaired) electrons. The molecule has 0 aliphatic rings. The van der Waals surface area contributed by atoms with Crippen molar-refractivity contribution in [2.75, 3.05) is 0 Å². The number of rotatable bonds is 2. The Balaban J connectivity index is 2.52. The molecule has 1 aromatic carbocycles. The maximum absolute atomic E-state index is 12.8. The van der Waals surface area contributed by atoms with Gasteiger partial charge in [0.25, 0.3) is 0 Å². The zero-order valence-corrected chi connectivity index (χ0v) is 11.2. The molecule has 0 atom stereocenters. The number of aromatic nitrogens is 2. The Hall–Kier alpha value is -1.01. The molecule has 1 heterocycles. The minimum atomic E-state index is -4.43. The van der Waals surface area contributed by atoms with Crippen LogP contribution in [0.1, 0.15) is 11.1 Å². The second kappa shape index (κ2) is 4.93. The number of halogens is 5. The lowest BCUT2D eigenvalue weighted by Gasteiger charge is -2.13. The largest absolute Gasteiger partial charge is 0.416 e. The van der Waals surface area contributed by atoms with Crippen LogP contribution < -0.4 is 0 Å². The molecular weight excluding hydrogens is 332 g/mol. The van der Waals surface area contributed by atoms with Gasteiger partial charge in [0.2, 0.25) is 0 Å². The topological polar surface area (TPSA) is 17.8 Å². The summed E-state index contributed by atoms with van der Waals surface area (Å²) < 4.78 is 40.6. The Labute approximate surface area is 114 Å². The van der Waals surface area contributed by atoms with E-state index in [2.05, 4.69) is 21.0 Å². The predicted molar refractivity (Wildman–Crippen MR) is 65.8 cm³/mol. The van der Waals surface area contributed by atoms with Crippen LogP contribution in [-0.2, 0) is 12.1 Å². The van der Waals surface area contributed by atoms with Gasteiger partial charge >= 0.3 is 6.18 Å². The Morgan fingerprint density at radius 1 is 1.33 bits per heavy atom. The van der Waals surface area contributed by atoms with E-state index in [0.717, 1.165) is 6.07 Å². The van der Waals surface area contributed by atoms with Gasteiger partial charge in [-0.05, 0) is 33.6 Å². The van der Waals surface area contributed by atoms with Crippen LogP contribution in [0.5, 0.6) is 0 Å². The van der Waals surface area contributed by atoms with Crippen LogP contribution in [0.2, 0.25) is 0 Å². The highest BCUT2D eigenvalue weighted by Gasteiger charge is 2.33. The number of alkyl halides is 4. The first-order valence-electron chi connectivity index (χ1n) is 4.88. The van der Waals surface area contributed by atoms with Crippen LogP contribution in [0, 0.1) is 0 Å². The van der Waals surface area contributed by atoms with Crippen LogP contribution in [-0.4, -0.2) is 9.78 Å². The second-order valence-corrected chi connectivity index (χ2v) is 4.76. The predicted octanol–water partition coefficient (Wildman–Crippen LogP) is 4.39. The van der Waals surface area contributed by atoms with Gasteiger partial charge in [-0.2, -0.15) is 18.3 Å². The molecular formula is C11H7BrClF3N2. The van der Waals surface area contributed by atoms with Gasteiger partial charge < -0.3 is 0 Å². The lowest BCUT2D eigenvalue weighted by molar-refractivity contribution is -0.138. The van der Waals surface area contributed by atoms with E-state index in [1.54, 1.807) is 12.3 Å². The summed E-state index contributed by atoms with van der Waals surface area (Å²) in [5, 5.41) is 3.93. The average Bonchev–Trinajstić information content (AvgIpc) is 2.74. The van der Waals surface area contributed by atoms with Gasteiger partial charge in [0, 0.05) is 12.1 Å². The molecule has 2 rings (SSSR count). The Kier molecular flexibility index (Phi) is 3.68. The van der Waals surface area contributed by atoms with E-state index in [9.17, 15) is 13.2 Å². The molecule has 2 aromatic rings. The highest BCUT2D eigenvalue weighted by atomic mass is 79.9. The van der Waals surface area contributed by atoms with Gasteiger partial charge in [0.15, 0.2) is 0 Å². The van der Waals surface area contributed by atoms with Gasteiger partial charge in [-0.15, -0.1) is 11.6 Å². The van der Waals surface area contributed by atoms with Crippen molar-refractivity contribution in [1.29, 1.82) is 0 Å². The maximum atomic E-state index is 12.8. The molecule has 18 heavy (non-hydrogen) atoms. The Morgan fingerprint density at radius 2 is 2.06 bits per heavy atom. The molecule has 0 bridgehead atoms. The standard InChI is InChI=1S/C11H7BrClF3N2/c12-8-5-17-18(6-8)9-2-1-7(4-13)10(3-9)11(14,15)16/h1-3,5-6H,4H2. The lowest BCUT2D eigenvalue weighted by Crippen LogP contribution is -2.10. The normalized spacial score (nSPS) is 11.8. The molecule has 0 saturated heterocycles. The summed E-state index contributed by atoms with van der Waals surface area (Å²) in [5.74, 6) is -0.183. The molecule has 2 nitrogen and oxygen atoms in total. The van der Waals surface area contributed by atoms with Crippen LogP contribution in [0.15, 0.2) is 35.1 Å². The lowest BCUT2D eigenvalue weighted by atomic mass is 10.1. The molecule has 0 unspecified atom stereocenters. The fraction of sp³-hybridized carbons (Fsp3) is 0.182. The summed E-state index contributed by atoms with van der Waals surface area (Å²) in [4.78, 5) is 0. The minimum Gasteiger partial charge on any atom is -0.240 e. The van der Waals surface area contributed by atoms with E-state index < -0.39 is 11.7 Å². The van der Waals surface area contributed by atoms with Crippen molar-refractivity contribution in [1.82, 2.24) is 9.78 Å². The van der Waals surface area contributed by atoms with Crippen molar-refractivity contribution in [2.24, 2.45) is 0 Å². The summed E-state index contributed by atoms with van der Waals surface area (Å²) in [7, 11) is 0. The molecule has 0 aliphatic carbocycles. The van der Waals surface area contributed by atoms with E-state index in [4.69, 9.17) is 11.6 Å². The van der Waals surface area contributed by atoms with Crippen molar-refractivity contribution >= 4 is 27.5 Å². The molecule has 0 N–H and O–H groups in total. The van der Waals surface area contributed by atoms with Crippen LogP contribution in [0.3, 0.4) is 0 Å². The van der Waals surface area contributed by atoms with Crippen molar-refractivity contribution in [3.63, 3.8) is 0 Å². The van der Waals surface area contributed by atoms with Crippen LogP contribution >= 0.6 is 27.5 Å². The van der Waals surface area contributed by atoms with Gasteiger partial charge in [-0.3, -0.25) is 0 Å². The molecule has 0 saturated carbocycles. The first kappa shape index (κ1) is 13.4. The molecule has 96 valence electrons. The van der Waals surface area contributed by atoms with Crippen LogP contribution in [0.4, 0.5) is 13.2 Å². The minimum absolute atomic E-state index is 0.0548. The van der Waals surface area contributed by atoms with Gasteiger partial charge in [-0.1, -0.05) is 6.07 Å².